The molecule has 0 amide bonds. The average molecular weight is 319 g/mol. The Labute approximate surface area is 135 Å². The fourth-order valence-corrected chi connectivity index (χ4v) is 2.85. The molecule has 22 heavy (non-hydrogen) atoms. The molecule has 0 saturated heterocycles. The van der Waals surface area contributed by atoms with Crippen molar-refractivity contribution < 1.29 is 14.3 Å². The van der Waals surface area contributed by atoms with Crippen LogP contribution in [0, 0.1) is 6.92 Å². The first-order chi connectivity index (χ1) is 10.7. The smallest absolute Gasteiger partial charge is 0.161 e. The molecule has 1 aromatic carbocycles. The molecule has 0 fully saturated rings. The van der Waals surface area contributed by atoms with Crippen molar-refractivity contribution in [1.82, 2.24) is 4.98 Å². The van der Waals surface area contributed by atoms with Crippen molar-refractivity contribution in [1.29, 1.82) is 0 Å². The third-order valence-electron chi connectivity index (χ3n) is 3.02. The van der Waals surface area contributed by atoms with Gasteiger partial charge in [0, 0.05) is 17.5 Å². The Kier molecular flexibility index (Phi) is 6.40. The minimum atomic E-state index is 0.205. The van der Waals surface area contributed by atoms with E-state index in [1.165, 1.54) is 0 Å². The van der Waals surface area contributed by atoms with Gasteiger partial charge in [-0.3, -0.25) is 4.79 Å². The van der Waals surface area contributed by atoms with E-state index in [2.05, 4.69) is 4.98 Å². The second-order valence-electron chi connectivity index (χ2n) is 4.91. The molecule has 2 rings (SSSR count). The first-order valence-electron chi connectivity index (χ1n) is 7.46. The number of hydrogen-bond donors (Lipinski definition) is 0. The molecular formula is C17H21NO3S. The molecule has 5 heteroatoms. The summed E-state index contributed by atoms with van der Waals surface area (Å²) in [5.41, 5.74) is 0. The van der Waals surface area contributed by atoms with Crippen LogP contribution >= 0.6 is 11.3 Å². The summed E-state index contributed by atoms with van der Waals surface area (Å²) in [7, 11) is 0. The molecule has 0 atom stereocenters. The molecule has 0 aliphatic carbocycles. The molecule has 0 bridgehead atoms. The Morgan fingerprint density at radius 3 is 2.59 bits per heavy atom. The zero-order valence-corrected chi connectivity index (χ0v) is 13.8. The van der Waals surface area contributed by atoms with E-state index in [-0.39, 0.29) is 5.78 Å². The maximum absolute atomic E-state index is 11.9. The van der Waals surface area contributed by atoms with Gasteiger partial charge in [0.25, 0.3) is 0 Å². The topological polar surface area (TPSA) is 48.4 Å². The molecule has 0 unspecified atom stereocenters. The molecule has 0 saturated carbocycles. The van der Waals surface area contributed by atoms with Gasteiger partial charge in [-0.25, -0.2) is 4.98 Å². The van der Waals surface area contributed by atoms with E-state index in [4.69, 9.17) is 9.47 Å². The lowest BCUT2D eigenvalue weighted by Gasteiger charge is -2.11. The number of aryl methyl sites for hydroxylation is 1. The number of carbonyl (C=O) groups excluding carboxylic acids is 1. The van der Waals surface area contributed by atoms with Crippen LogP contribution in [0.15, 0.2) is 30.5 Å². The molecule has 0 aliphatic heterocycles. The van der Waals surface area contributed by atoms with E-state index >= 15 is 0 Å². The van der Waals surface area contributed by atoms with Crippen molar-refractivity contribution in [3.05, 3.63) is 40.3 Å². The van der Waals surface area contributed by atoms with Crippen molar-refractivity contribution >= 4 is 17.1 Å². The number of aromatic nitrogens is 1. The zero-order valence-electron chi connectivity index (χ0n) is 13.0. The van der Waals surface area contributed by atoms with Gasteiger partial charge in [-0.15, -0.1) is 11.3 Å². The number of benzene rings is 1. The molecule has 2 aromatic rings. The molecule has 4 nitrogen and oxygen atoms in total. The lowest BCUT2D eigenvalue weighted by molar-refractivity contribution is -0.118. The van der Waals surface area contributed by atoms with Crippen LogP contribution in [0.2, 0.25) is 0 Å². The summed E-state index contributed by atoms with van der Waals surface area (Å²) >= 11 is 1.58. The maximum Gasteiger partial charge on any atom is 0.161 e. The van der Waals surface area contributed by atoms with Crippen molar-refractivity contribution in [2.75, 3.05) is 13.2 Å². The lowest BCUT2D eigenvalue weighted by atomic mass is 10.2. The zero-order chi connectivity index (χ0) is 15.8. The van der Waals surface area contributed by atoms with Crippen LogP contribution in [0.1, 0.15) is 29.7 Å². The molecule has 1 heterocycles. The quantitative estimate of drug-likeness (QED) is 0.659. The monoisotopic (exact) mass is 319 g/mol. The highest BCUT2D eigenvalue weighted by molar-refractivity contribution is 7.11. The van der Waals surface area contributed by atoms with Crippen LogP contribution in [0.3, 0.4) is 0 Å². The summed E-state index contributed by atoms with van der Waals surface area (Å²) in [6, 6.07) is 7.59. The summed E-state index contributed by atoms with van der Waals surface area (Å²) in [5.74, 6) is 1.68. The molecule has 0 spiro atoms. The van der Waals surface area contributed by atoms with Crippen LogP contribution in [0.4, 0.5) is 0 Å². The lowest BCUT2D eigenvalue weighted by Crippen LogP contribution is -2.06. The fraction of sp³-hybridized carbons (Fsp3) is 0.412. The fourth-order valence-electron chi connectivity index (χ4n) is 2.04. The van der Waals surface area contributed by atoms with Crippen LogP contribution < -0.4 is 9.47 Å². The van der Waals surface area contributed by atoms with Crippen molar-refractivity contribution in [3.8, 4) is 11.5 Å². The number of thiazole rings is 1. The maximum atomic E-state index is 11.9. The Hall–Kier alpha value is -1.88. The number of nitrogens with zero attached hydrogens (tertiary/aromatic N) is 1. The third kappa shape index (κ3) is 5.15. The predicted octanol–water partition coefficient (Wildman–Crippen LogP) is 3.82. The van der Waals surface area contributed by atoms with Gasteiger partial charge in [-0.05, 0) is 32.4 Å². The predicted molar refractivity (Wildman–Crippen MR) is 87.9 cm³/mol. The van der Waals surface area contributed by atoms with Crippen LogP contribution in [0.5, 0.6) is 11.5 Å². The van der Waals surface area contributed by atoms with E-state index in [9.17, 15) is 4.79 Å². The molecule has 0 N–H and O–H groups in total. The molecule has 1 aromatic heterocycles. The highest BCUT2D eigenvalue weighted by atomic mass is 32.1. The summed E-state index contributed by atoms with van der Waals surface area (Å²) < 4.78 is 11.2. The molecular weight excluding hydrogens is 298 g/mol. The van der Waals surface area contributed by atoms with E-state index in [1.807, 2.05) is 38.1 Å². The Morgan fingerprint density at radius 1 is 1.23 bits per heavy atom. The van der Waals surface area contributed by atoms with E-state index in [0.717, 1.165) is 21.4 Å². The minimum Gasteiger partial charge on any atom is -0.490 e. The van der Waals surface area contributed by atoms with Crippen LogP contribution in [-0.4, -0.2) is 24.0 Å². The average Bonchev–Trinajstić information content (AvgIpc) is 2.90. The van der Waals surface area contributed by atoms with Gasteiger partial charge in [0.1, 0.15) is 10.8 Å². The van der Waals surface area contributed by atoms with Crippen molar-refractivity contribution in [2.24, 2.45) is 0 Å². The number of hydrogen-bond acceptors (Lipinski definition) is 5. The third-order valence-corrected chi connectivity index (χ3v) is 3.94. The summed E-state index contributed by atoms with van der Waals surface area (Å²) in [6.07, 6.45) is 3.44. The SMILES string of the molecule is CCOc1ccccc1OCCCC(=O)Cc1ncc(C)s1. The van der Waals surface area contributed by atoms with Gasteiger partial charge >= 0.3 is 0 Å². The molecule has 118 valence electrons. The largest absolute Gasteiger partial charge is 0.490 e. The van der Waals surface area contributed by atoms with Gasteiger partial charge < -0.3 is 9.47 Å². The Morgan fingerprint density at radius 2 is 1.95 bits per heavy atom. The van der Waals surface area contributed by atoms with E-state index < -0.39 is 0 Å². The van der Waals surface area contributed by atoms with Gasteiger partial charge in [0.05, 0.1) is 19.6 Å². The summed E-state index contributed by atoms with van der Waals surface area (Å²) in [4.78, 5) is 17.2. The number of rotatable bonds is 9. The summed E-state index contributed by atoms with van der Waals surface area (Å²) in [5, 5.41) is 0.894. The van der Waals surface area contributed by atoms with Crippen LogP contribution in [0.25, 0.3) is 0 Å². The Balaban J connectivity index is 1.71. The number of ketones is 1. The normalized spacial score (nSPS) is 10.5. The minimum absolute atomic E-state index is 0.205. The van der Waals surface area contributed by atoms with E-state index in [1.54, 1.807) is 17.5 Å². The Bertz CT molecular complexity index is 609. The standard InChI is InChI=1S/C17H21NO3S/c1-3-20-15-8-4-5-9-16(15)21-10-6-7-14(19)11-17-18-12-13(2)22-17/h4-5,8-9,12H,3,6-7,10-11H2,1-2H3. The highest BCUT2D eigenvalue weighted by Gasteiger charge is 2.08. The highest BCUT2D eigenvalue weighted by Crippen LogP contribution is 2.26. The second-order valence-corrected chi connectivity index (χ2v) is 6.23. The van der Waals surface area contributed by atoms with Crippen molar-refractivity contribution in [2.45, 2.75) is 33.1 Å². The van der Waals surface area contributed by atoms with Crippen molar-refractivity contribution in [3.63, 3.8) is 0 Å². The van der Waals surface area contributed by atoms with Gasteiger partial charge in [-0.2, -0.15) is 0 Å². The first-order valence-corrected chi connectivity index (χ1v) is 8.28. The summed E-state index contributed by atoms with van der Waals surface area (Å²) in [6.45, 7) is 5.05. The number of carbonyl (C=O) groups is 1. The molecule has 0 aliphatic rings. The van der Waals surface area contributed by atoms with Crippen LogP contribution in [-0.2, 0) is 11.2 Å². The first kappa shape index (κ1) is 16.5. The number of ether oxygens (including phenoxy) is 2. The molecule has 0 radical (unpaired) electrons. The van der Waals surface area contributed by atoms with E-state index in [0.29, 0.717) is 32.5 Å². The van der Waals surface area contributed by atoms with Gasteiger partial charge in [-0.1, -0.05) is 12.1 Å². The number of Topliss-reactive ketones (excluding diaryl/α,β-unsaturated/α-hetero) is 1. The van der Waals surface area contributed by atoms with Gasteiger partial charge in [0.2, 0.25) is 0 Å². The second kappa shape index (κ2) is 8.54. The van der Waals surface area contributed by atoms with Gasteiger partial charge in [0.15, 0.2) is 11.5 Å². The number of para-hydroxylation sites is 2.